The van der Waals surface area contributed by atoms with Crippen LogP contribution in [-0.2, 0) is 4.79 Å². The largest absolute Gasteiger partial charge is 0.481 e. The third-order valence-corrected chi connectivity index (χ3v) is 3.47. The van der Waals surface area contributed by atoms with Crippen LogP contribution in [0.1, 0.15) is 29.0 Å². The van der Waals surface area contributed by atoms with Crippen LogP contribution < -0.4 is 0 Å². The van der Waals surface area contributed by atoms with Gasteiger partial charge < -0.3 is 5.11 Å². The molecule has 0 amide bonds. The minimum Gasteiger partial charge on any atom is -0.481 e. The van der Waals surface area contributed by atoms with Gasteiger partial charge in [-0.3, -0.25) is 4.79 Å². The molecule has 1 N–H and O–H groups in total. The Morgan fingerprint density at radius 3 is 2.77 bits per heavy atom. The lowest BCUT2D eigenvalue weighted by atomic mass is 10.1. The van der Waals surface area contributed by atoms with Gasteiger partial charge in [-0.2, -0.15) is 0 Å². The lowest BCUT2D eigenvalue weighted by Gasteiger charge is -2.05. The van der Waals surface area contributed by atoms with Crippen LogP contribution in [0, 0.1) is 6.92 Å². The zero-order valence-electron chi connectivity index (χ0n) is 7.50. The first-order valence-corrected chi connectivity index (χ1v) is 5.17. The fourth-order valence-electron chi connectivity index (χ4n) is 1.19. The zero-order valence-corrected chi connectivity index (χ0v) is 9.08. The van der Waals surface area contributed by atoms with Gasteiger partial charge in [0.2, 0.25) is 0 Å². The molecule has 0 saturated carbocycles. The lowest BCUT2D eigenvalue weighted by Crippen LogP contribution is -2.01. The summed E-state index contributed by atoms with van der Waals surface area (Å²) in [6, 6.07) is 1.87. The van der Waals surface area contributed by atoms with E-state index >= 15 is 0 Å². The van der Waals surface area contributed by atoms with Crippen LogP contribution in [0.15, 0.2) is 6.07 Å². The molecule has 4 heteroatoms. The molecule has 0 aliphatic rings. The van der Waals surface area contributed by atoms with Crippen LogP contribution in [0.5, 0.6) is 0 Å². The van der Waals surface area contributed by atoms with E-state index < -0.39 is 5.97 Å². The molecule has 1 rings (SSSR count). The van der Waals surface area contributed by atoms with Gasteiger partial charge in [0.15, 0.2) is 0 Å². The van der Waals surface area contributed by atoms with Gasteiger partial charge in [-0.25, -0.2) is 0 Å². The fraction of sp³-hybridized carbons (Fsp3) is 0.444. The molecule has 0 saturated heterocycles. The van der Waals surface area contributed by atoms with E-state index in [1.165, 1.54) is 0 Å². The van der Waals surface area contributed by atoms with E-state index in [0.717, 1.165) is 9.75 Å². The number of thiophene rings is 1. The third-order valence-electron chi connectivity index (χ3n) is 1.76. The number of hydrogen-bond donors (Lipinski definition) is 1. The fourth-order valence-corrected chi connectivity index (χ4v) is 2.69. The number of rotatable bonds is 3. The smallest absolute Gasteiger partial charge is 0.303 e. The molecule has 1 unspecified atom stereocenters. The van der Waals surface area contributed by atoms with Crippen LogP contribution in [0.2, 0.25) is 5.02 Å². The summed E-state index contributed by atoms with van der Waals surface area (Å²) in [4.78, 5) is 12.6. The molecule has 0 radical (unpaired) electrons. The molecule has 0 aliphatic carbocycles. The minimum atomic E-state index is -0.783. The second-order valence-corrected chi connectivity index (χ2v) is 4.76. The van der Waals surface area contributed by atoms with E-state index in [1.807, 2.05) is 19.9 Å². The Morgan fingerprint density at radius 1 is 1.77 bits per heavy atom. The Bertz CT molecular complexity index is 319. The average molecular weight is 219 g/mol. The molecule has 1 aromatic rings. The van der Waals surface area contributed by atoms with Gasteiger partial charge in [0.05, 0.1) is 11.4 Å². The number of carboxylic acid groups (broad SMARTS) is 1. The Kier molecular flexibility index (Phi) is 3.33. The van der Waals surface area contributed by atoms with Crippen molar-refractivity contribution in [2.24, 2.45) is 0 Å². The van der Waals surface area contributed by atoms with Gasteiger partial charge in [0.25, 0.3) is 0 Å². The van der Waals surface area contributed by atoms with Crippen LogP contribution in [0.3, 0.4) is 0 Å². The summed E-state index contributed by atoms with van der Waals surface area (Å²) >= 11 is 7.51. The van der Waals surface area contributed by atoms with Crippen molar-refractivity contribution in [3.8, 4) is 0 Å². The summed E-state index contributed by atoms with van der Waals surface area (Å²) < 4.78 is 0. The Morgan fingerprint density at radius 2 is 2.38 bits per heavy atom. The molecule has 1 aromatic heterocycles. The highest BCUT2D eigenvalue weighted by Crippen LogP contribution is 2.34. The maximum absolute atomic E-state index is 10.5. The highest BCUT2D eigenvalue weighted by Gasteiger charge is 2.15. The molecule has 0 aliphatic heterocycles. The first kappa shape index (κ1) is 10.5. The molecular formula is C9H11ClO2S. The second-order valence-electron chi connectivity index (χ2n) is 3.07. The number of aryl methyl sites for hydroxylation is 1. The second kappa shape index (κ2) is 4.11. The van der Waals surface area contributed by atoms with Crippen molar-refractivity contribution in [3.05, 3.63) is 20.8 Å². The van der Waals surface area contributed by atoms with Crippen molar-refractivity contribution in [2.45, 2.75) is 26.2 Å². The van der Waals surface area contributed by atoms with Gasteiger partial charge in [-0.1, -0.05) is 18.5 Å². The molecule has 0 spiro atoms. The highest BCUT2D eigenvalue weighted by molar-refractivity contribution is 7.12. The van der Waals surface area contributed by atoms with Gasteiger partial charge in [-0.05, 0) is 13.0 Å². The molecule has 1 atom stereocenters. The van der Waals surface area contributed by atoms with Crippen molar-refractivity contribution in [1.82, 2.24) is 0 Å². The van der Waals surface area contributed by atoms with E-state index in [-0.39, 0.29) is 12.3 Å². The summed E-state index contributed by atoms with van der Waals surface area (Å²) in [5.74, 6) is -0.779. The van der Waals surface area contributed by atoms with Crippen molar-refractivity contribution in [1.29, 1.82) is 0 Å². The van der Waals surface area contributed by atoms with Gasteiger partial charge in [0.1, 0.15) is 0 Å². The van der Waals surface area contributed by atoms with Gasteiger partial charge in [0, 0.05) is 15.7 Å². The Labute approximate surface area is 86.2 Å². The lowest BCUT2D eigenvalue weighted by molar-refractivity contribution is -0.137. The monoisotopic (exact) mass is 218 g/mol. The molecule has 2 nitrogen and oxygen atoms in total. The van der Waals surface area contributed by atoms with Gasteiger partial charge in [-0.15, -0.1) is 11.3 Å². The van der Waals surface area contributed by atoms with Crippen LogP contribution >= 0.6 is 22.9 Å². The predicted octanol–water partition coefficient (Wildman–Crippen LogP) is 3.29. The summed E-state index contributed by atoms with van der Waals surface area (Å²) in [6.07, 6.45) is 0.139. The van der Waals surface area contributed by atoms with E-state index in [1.54, 1.807) is 11.3 Å². The van der Waals surface area contributed by atoms with E-state index in [4.69, 9.17) is 16.7 Å². The number of hydrogen-bond acceptors (Lipinski definition) is 2. The van der Waals surface area contributed by atoms with Crippen LogP contribution in [0.25, 0.3) is 0 Å². The number of halogens is 1. The summed E-state index contributed by atoms with van der Waals surface area (Å²) in [5.41, 5.74) is 0. The first-order chi connectivity index (χ1) is 6.00. The van der Waals surface area contributed by atoms with Crippen LogP contribution in [-0.4, -0.2) is 11.1 Å². The summed E-state index contributed by atoms with van der Waals surface area (Å²) in [6.45, 7) is 3.85. The third kappa shape index (κ3) is 2.71. The normalized spacial score (nSPS) is 12.8. The maximum atomic E-state index is 10.5. The zero-order chi connectivity index (χ0) is 10.0. The van der Waals surface area contributed by atoms with Crippen molar-refractivity contribution < 1.29 is 9.90 Å². The number of aliphatic carboxylic acids is 1. The number of carbonyl (C=O) groups is 1. The summed E-state index contributed by atoms with van der Waals surface area (Å²) in [5, 5.41) is 9.30. The van der Waals surface area contributed by atoms with E-state index in [2.05, 4.69) is 0 Å². The van der Waals surface area contributed by atoms with Crippen molar-refractivity contribution in [2.75, 3.05) is 0 Å². The molecule has 1 heterocycles. The number of carboxylic acids is 1. The molecule has 13 heavy (non-hydrogen) atoms. The average Bonchev–Trinajstić information content (AvgIpc) is 2.28. The Balaban J connectivity index is 2.81. The minimum absolute atomic E-state index is 0.00343. The Hall–Kier alpha value is -0.540. The summed E-state index contributed by atoms with van der Waals surface area (Å²) in [7, 11) is 0. The SMILES string of the molecule is Cc1cc(Cl)c(C(C)CC(=O)O)s1. The molecule has 72 valence electrons. The van der Waals surface area contributed by atoms with Crippen LogP contribution in [0.4, 0.5) is 0 Å². The van der Waals surface area contributed by atoms with E-state index in [0.29, 0.717) is 5.02 Å². The van der Waals surface area contributed by atoms with Crippen molar-refractivity contribution >= 4 is 28.9 Å². The standard InChI is InChI=1S/C9H11ClO2S/c1-5(3-8(11)12)9-7(10)4-6(2)13-9/h4-5H,3H2,1-2H3,(H,11,12). The quantitative estimate of drug-likeness (QED) is 0.846. The van der Waals surface area contributed by atoms with Gasteiger partial charge >= 0.3 is 5.97 Å². The molecule has 0 fully saturated rings. The first-order valence-electron chi connectivity index (χ1n) is 3.98. The molecular weight excluding hydrogens is 208 g/mol. The topological polar surface area (TPSA) is 37.3 Å². The molecule has 0 aromatic carbocycles. The highest BCUT2D eigenvalue weighted by atomic mass is 35.5. The predicted molar refractivity (Wildman–Crippen MR) is 54.7 cm³/mol. The van der Waals surface area contributed by atoms with Crippen molar-refractivity contribution in [3.63, 3.8) is 0 Å². The molecule has 0 bridgehead atoms. The van der Waals surface area contributed by atoms with E-state index in [9.17, 15) is 4.79 Å². The maximum Gasteiger partial charge on any atom is 0.303 e.